The topological polar surface area (TPSA) is 121 Å². The van der Waals surface area contributed by atoms with E-state index in [1.165, 1.54) is 9.48 Å². The maximum absolute atomic E-state index is 11.9. The van der Waals surface area contributed by atoms with Gasteiger partial charge < -0.3 is 14.0 Å². The fourth-order valence-corrected chi connectivity index (χ4v) is 8.30. The molecule has 8 nitrogen and oxygen atoms in total. The molecule has 2 heterocycles. The molecule has 0 fully saturated rings. The molecule has 0 amide bonds. The Morgan fingerprint density at radius 2 is 1.48 bits per heavy atom. The van der Waals surface area contributed by atoms with E-state index in [0.717, 1.165) is 28.7 Å². The van der Waals surface area contributed by atoms with Gasteiger partial charge in [0.15, 0.2) is 15.8 Å². The molecule has 2 aliphatic heterocycles. The van der Waals surface area contributed by atoms with Crippen LogP contribution < -0.4 is 34.5 Å². The fraction of sp³-hybridized carbons (Fsp3) is 0.344. The van der Waals surface area contributed by atoms with Gasteiger partial charge in [0.2, 0.25) is 11.6 Å². The Morgan fingerprint density at radius 1 is 0.848 bits per heavy atom. The maximum Gasteiger partial charge on any atom is 1.00 e. The van der Waals surface area contributed by atoms with E-state index in [-0.39, 0.29) is 29.6 Å². The van der Waals surface area contributed by atoms with Crippen LogP contribution in [-0.2, 0) is 31.1 Å². The van der Waals surface area contributed by atoms with Crippen molar-refractivity contribution in [3.63, 3.8) is 0 Å². The molecule has 240 valence electrons. The molecule has 14 heteroatoms. The molecule has 2 aromatic rings. The Hall–Kier alpha value is -1.44. The molecule has 2 aromatic carbocycles. The summed E-state index contributed by atoms with van der Waals surface area (Å²) in [7, 11) is -9.21. The third-order valence-corrected chi connectivity index (χ3v) is 10.7. The zero-order chi connectivity index (χ0) is 33.1. The van der Waals surface area contributed by atoms with Crippen LogP contribution in [0.5, 0.6) is 0 Å². The first-order chi connectivity index (χ1) is 20.8. The Labute approximate surface area is 307 Å². The zero-order valence-corrected chi connectivity index (χ0v) is 32.0. The first kappa shape index (κ1) is 37.4. The van der Waals surface area contributed by atoms with Crippen molar-refractivity contribution in [2.24, 2.45) is 0 Å². The van der Waals surface area contributed by atoms with Crippen LogP contribution in [0.25, 0.3) is 0 Å². The van der Waals surface area contributed by atoms with E-state index in [2.05, 4.69) is 0 Å². The average Bonchev–Trinajstić information content (AvgIpc) is 3.23. The minimum Gasteiger partial charge on any atom is -0.747 e. The van der Waals surface area contributed by atoms with E-state index in [9.17, 15) is 25.9 Å². The van der Waals surface area contributed by atoms with Crippen molar-refractivity contribution in [2.45, 2.75) is 57.8 Å². The molecular weight excluding hydrogens is 702 g/mol. The molecule has 0 saturated heterocycles. The standard InChI is InChI=1S/C32H33Cl3N2O6S2.Na/c1-31(2)24-16-22(33)10-12-26(24)36(18-44(38,39)40)28(31)14-8-20-6-5-7-21(30(20)35)9-15-29-32(3,4)25-17-23(34)11-13-27(25)37(29)19-45(41,42)43;/h8-17H,5-7,18-19H2,1-4H3,(H-,38,39,40,41,42,43);/q;+1/p-1. The summed E-state index contributed by atoms with van der Waals surface area (Å²) >= 11 is 19.5. The summed E-state index contributed by atoms with van der Waals surface area (Å²) in [4.78, 5) is 1.51. The van der Waals surface area contributed by atoms with Crippen molar-refractivity contribution in [3.05, 3.63) is 104 Å². The van der Waals surface area contributed by atoms with Gasteiger partial charge in [0.25, 0.3) is 0 Å². The van der Waals surface area contributed by atoms with Gasteiger partial charge in [-0.25, -0.2) is 16.8 Å². The molecule has 0 saturated carbocycles. The number of halogens is 3. The third kappa shape index (κ3) is 7.57. The molecule has 0 spiro atoms. The summed E-state index contributed by atoms with van der Waals surface area (Å²) in [5, 5.41) is 1.53. The van der Waals surface area contributed by atoms with E-state index in [0.29, 0.717) is 50.7 Å². The van der Waals surface area contributed by atoms with Gasteiger partial charge >= 0.3 is 29.6 Å². The van der Waals surface area contributed by atoms with E-state index in [4.69, 9.17) is 34.8 Å². The van der Waals surface area contributed by atoms with E-state index in [1.54, 1.807) is 48.6 Å². The predicted octanol–water partition coefficient (Wildman–Crippen LogP) is 4.22. The minimum atomic E-state index is -4.60. The summed E-state index contributed by atoms with van der Waals surface area (Å²) in [5.74, 6) is -1.45. The number of allylic oxidation sites excluding steroid dienone is 8. The number of benzene rings is 2. The first-order valence-electron chi connectivity index (χ1n) is 14.2. The van der Waals surface area contributed by atoms with Gasteiger partial charge in [-0.3, -0.25) is 0 Å². The molecule has 5 rings (SSSR count). The normalized spacial score (nSPS) is 20.9. The van der Waals surface area contributed by atoms with Crippen LogP contribution in [0.15, 0.2) is 82.6 Å². The number of rotatable bonds is 7. The quantitative estimate of drug-likeness (QED) is 0.238. The third-order valence-electron chi connectivity index (χ3n) is 8.62. The van der Waals surface area contributed by atoms with E-state index < -0.39 is 42.8 Å². The molecule has 0 atom stereocenters. The summed E-state index contributed by atoms with van der Waals surface area (Å²) in [6, 6.07) is 10.3. The second-order valence-electron chi connectivity index (χ2n) is 12.5. The molecule has 1 aliphatic carbocycles. The molecule has 0 bridgehead atoms. The number of fused-ring (bicyclic) bond motifs is 2. The van der Waals surface area contributed by atoms with E-state index in [1.807, 2.05) is 39.8 Å². The van der Waals surface area contributed by atoms with Crippen molar-refractivity contribution in [1.82, 2.24) is 0 Å². The van der Waals surface area contributed by atoms with Crippen LogP contribution in [0, 0.1) is 0 Å². The number of anilines is 1. The number of hydrogen-bond acceptors (Lipinski definition) is 7. The zero-order valence-electron chi connectivity index (χ0n) is 26.1. The Balaban J connectivity index is 0.00000480. The molecule has 0 unspecified atom stereocenters. The van der Waals surface area contributed by atoms with Crippen molar-refractivity contribution in [3.8, 4) is 0 Å². The van der Waals surface area contributed by atoms with Gasteiger partial charge in [0, 0.05) is 49.6 Å². The van der Waals surface area contributed by atoms with Crippen LogP contribution in [0.2, 0.25) is 10.0 Å². The number of nitrogens with zero attached hydrogens (tertiary/aromatic N) is 2. The maximum atomic E-state index is 11.9. The van der Waals surface area contributed by atoms with Gasteiger partial charge in [-0.2, -0.15) is 4.58 Å². The van der Waals surface area contributed by atoms with Crippen molar-refractivity contribution in [1.29, 1.82) is 0 Å². The SMILES string of the molecule is CC1(C)C(/C=C/C2=C(Cl)C(=C\C=C3\N(CS(=O)(=O)[O-])c4ccc(Cl)cc4C3(C)C)/CCC2)=[N+](CS(=O)(=O)[O-])c2ccc(Cl)cc21.[Na+]. The molecular formula is C32H32Cl3N2NaO6S2. The van der Waals surface area contributed by atoms with Gasteiger partial charge in [-0.15, -0.1) is 0 Å². The second-order valence-corrected chi connectivity index (χ2v) is 16.5. The van der Waals surface area contributed by atoms with Crippen LogP contribution in [-0.4, -0.2) is 48.0 Å². The van der Waals surface area contributed by atoms with Crippen LogP contribution in [0.1, 0.15) is 58.1 Å². The van der Waals surface area contributed by atoms with Crippen LogP contribution >= 0.6 is 34.8 Å². The summed E-state index contributed by atoms with van der Waals surface area (Å²) < 4.78 is 72.7. The van der Waals surface area contributed by atoms with Crippen molar-refractivity contribution < 1.29 is 60.1 Å². The molecule has 0 N–H and O–H groups in total. The van der Waals surface area contributed by atoms with E-state index >= 15 is 0 Å². The summed E-state index contributed by atoms with van der Waals surface area (Å²) in [6.45, 7) is 7.76. The molecule has 3 aliphatic rings. The summed E-state index contributed by atoms with van der Waals surface area (Å²) in [5.41, 5.74) is 4.41. The van der Waals surface area contributed by atoms with Crippen LogP contribution in [0.4, 0.5) is 11.4 Å². The molecule has 46 heavy (non-hydrogen) atoms. The Bertz CT molecular complexity index is 1980. The van der Waals surface area contributed by atoms with Gasteiger partial charge in [-0.1, -0.05) is 60.8 Å². The van der Waals surface area contributed by atoms with Gasteiger partial charge in [0.1, 0.15) is 16.0 Å². The van der Waals surface area contributed by atoms with Crippen molar-refractivity contribution in [2.75, 3.05) is 16.7 Å². The monoisotopic (exact) mass is 732 g/mol. The second kappa shape index (κ2) is 13.5. The van der Waals surface area contributed by atoms with Gasteiger partial charge in [-0.05, 0) is 86.2 Å². The Morgan fingerprint density at radius 3 is 2.11 bits per heavy atom. The smallest absolute Gasteiger partial charge is 0.747 e. The number of hydrogen-bond donors (Lipinski definition) is 0. The van der Waals surface area contributed by atoms with Crippen molar-refractivity contribution >= 4 is 72.1 Å². The van der Waals surface area contributed by atoms with Crippen LogP contribution in [0.3, 0.4) is 0 Å². The Kier molecular flexibility index (Phi) is 10.9. The minimum absolute atomic E-state index is 0. The van der Waals surface area contributed by atoms with Gasteiger partial charge in [0.05, 0.1) is 5.41 Å². The molecule has 0 aromatic heterocycles. The predicted molar refractivity (Wildman–Crippen MR) is 178 cm³/mol. The first-order valence-corrected chi connectivity index (χ1v) is 18.5. The largest absolute Gasteiger partial charge is 1.00 e. The fourth-order valence-electron chi connectivity index (χ4n) is 6.46. The molecule has 0 radical (unpaired) electrons. The summed E-state index contributed by atoms with van der Waals surface area (Å²) in [6.07, 6.45) is 9.45. The average molecular weight is 734 g/mol.